The standard InChI is InChI=1S/C16H12F2N2O2S/c1-2-10-6-12-15(23-10)19-8-20(16(12)22)7-14(21)11-5-9(17)3-4-13(11)18/h3-6,8H,2,7H2,1H3. The average molecular weight is 334 g/mol. The number of Topliss-reactive ketones (excluding diaryl/α,β-unsaturated/α-hetero) is 1. The molecule has 3 rings (SSSR count). The Kier molecular flexibility index (Phi) is 4.04. The molecule has 2 heterocycles. The maximum atomic E-state index is 13.6. The number of ketones is 1. The van der Waals surface area contributed by atoms with Crippen molar-refractivity contribution in [1.29, 1.82) is 0 Å². The summed E-state index contributed by atoms with van der Waals surface area (Å²) in [6, 6.07) is 4.40. The van der Waals surface area contributed by atoms with Gasteiger partial charge in [0.2, 0.25) is 0 Å². The monoisotopic (exact) mass is 334 g/mol. The molecule has 2 aromatic heterocycles. The molecule has 0 spiro atoms. The van der Waals surface area contributed by atoms with E-state index >= 15 is 0 Å². The zero-order chi connectivity index (χ0) is 16.6. The second-order valence-corrected chi connectivity index (χ2v) is 6.13. The first-order chi connectivity index (χ1) is 11.0. The van der Waals surface area contributed by atoms with Crippen LogP contribution in [0.15, 0.2) is 35.4 Å². The van der Waals surface area contributed by atoms with E-state index in [2.05, 4.69) is 4.98 Å². The Bertz CT molecular complexity index is 962. The van der Waals surface area contributed by atoms with Crippen molar-refractivity contribution in [2.24, 2.45) is 0 Å². The number of carbonyl (C=O) groups excluding carboxylic acids is 1. The molecular formula is C16H12F2N2O2S. The summed E-state index contributed by atoms with van der Waals surface area (Å²) in [6.45, 7) is 1.58. The fourth-order valence-electron chi connectivity index (χ4n) is 2.25. The highest BCUT2D eigenvalue weighted by Crippen LogP contribution is 2.21. The maximum absolute atomic E-state index is 13.6. The third kappa shape index (κ3) is 2.92. The highest BCUT2D eigenvalue weighted by molar-refractivity contribution is 7.18. The minimum atomic E-state index is -0.817. The molecule has 0 N–H and O–H groups in total. The van der Waals surface area contributed by atoms with Crippen LogP contribution in [0.1, 0.15) is 22.2 Å². The number of rotatable bonds is 4. The third-order valence-electron chi connectivity index (χ3n) is 3.46. The number of hydrogen-bond donors (Lipinski definition) is 0. The Morgan fingerprint density at radius 2 is 2.09 bits per heavy atom. The number of carbonyl (C=O) groups is 1. The predicted molar refractivity (Wildman–Crippen MR) is 83.9 cm³/mol. The van der Waals surface area contributed by atoms with Crippen molar-refractivity contribution in [2.45, 2.75) is 19.9 Å². The van der Waals surface area contributed by atoms with E-state index in [4.69, 9.17) is 0 Å². The van der Waals surface area contributed by atoms with Gasteiger partial charge in [-0.15, -0.1) is 11.3 Å². The summed E-state index contributed by atoms with van der Waals surface area (Å²) >= 11 is 1.42. The normalized spacial score (nSPS) is 11.1. The van der Waals surface area contributed by atoms with Crippen LogP contribution in [0, 0.1) is 11.6 Å². The van der Waals surface area contributed by atoms with Gasteiger partial charge in [0.05, 0.1) is 23.8 Å². The number of halogens is 2. The molecule has 4 nitrogen and oxygen atoms in total. The molecule has 0 amide bonds. The van der Waals surface area contributed by atoms with Crippen LogP contribution in [0.5, 0.6) is 0 Å². The zero-order valence-corrected chi connectivity index (χ0v) is 13.0. The van der Waals surface area contributed by atoms with E-state index in [9.17, 15) is 18.4 Å². The SMILES string of the molecule is CCc1cc2c(=O)n(CC(=O)c3cc(F)ccc3F)cnc2s1. The van der Waals surface area contributed by atoms with Gasteiger partial charge in [0.15, 0.2) is 5.78 Å². The number of aromatic nitrogens is 2. The Morgan fingerprint density at radius 3 is 2.83 bits per heavy atom. The first-order valence-electron chi connectivity index (χ1n) is 6.95. The van der Waals surface area contributed by atoms with E-state index in [1.54, 1.807) is 6.07 Å². The summed E-state index contributed by atoms with van der Waals surface area (Å²) in [7, 11) is 0. The molecule has 0 aliphatic heterocycles. The number of thiophene rings is 1. The van der Waals surface area contributed by atoms with Gasteiger partial charge in [0.25, 0.3) is 5.56 Å². The topological polar surface area (TPSA) is 52.0 Å². The van der Waals surface area contributed by atoms with Crippen molar-refractivity contribution < 1.29 is 13.6 Å². The van der Waals surface area contributed by atoms with Crippen LogP contribution >= 0.6 is 11.3 Å². The molecule has 0 radical (unpaired) electrons. The second kappa shape index (κ2) is 6.00. The lowest BCUT2D eigenvalue weighted by atomic mass is 10.1. The molecule has 0 fully saturated rings. The predicted octanol–water partition coefficient (Wildman–Crippen LogP) is 3.18. The van der Waals surface area contributed by atoms with Gasteiger partial charge in [0.1, 0.15) is 16.5 Å². The Morgan fingerprint density at radius 1 is 1.30 bits per heavy atom. The van der Waals surface area contributed by atoms with Crippen LogP contribution in [0.3, 0.4) is 0 Å². The number of nitrogens with zero attached hydrogens (tertiary/aromatic N) is 2. The van der Waals surface area contributed by atoms with E-state index in [1.807, 2.05) is 6.92 Å². The maximum Gasteiger partial charge on any atom is 0.262 e. The zero-order valence-electron chi connectivity index (χ0n) is 12.2. The van der Waals surface area contributed by atoms with E-state index in [-0.39, 0.29) is 17.7 Å². The first-order valence-corrected chi connectivity index (χ1v) is 7.77. The van der Waals surface area contributed by atoms with Crippen molar-refractivity contribution >= 4 is 27.3 Å². The Balaban J connectivity index is 1.98. The summed E-state index contributed by atoms with van der Waals surface area (Å²) in [4.78, 5) is 30.3. The summed E-state index contributed by atoms with van der Waals surface area (Å²) in [5, 5.41) is 0.432. The quantitative estimate of drug-likeness (QED) is 0.689. The van der Waals surface area contributed by atoms with Gasteiger partial charge in [-0.1, -0.05) is 6.92 Å². The molecule has 3 aromatic rings. The molecule has 0 bridgehead atoms. The summed E-state index contributed by atoms with van der Waals surface area (Å²) in [5.41, 5.74) is -0.743. The van der Waals surface area contributed by atoms with Crippen molar-refractivity contribution in [3.8, 4) is 0 Å². The average Bonchev–Trinajstić information content (AvgIpc) is 2.96. The summed E-state index contributed by atoms with van der Waals surface area (Å²) < 4.78 is 27.9. The summed E-state index contributed by atoms with van der Waals surface area (Å²) in [6.07, 6.45) is 2.05. The minimum Gasteiger partial charge on any atom is -0.292 e. The molecule has 0 aliphatic rings. The van der Waals surface area contributed by atoms with Gasteiger partial charge in [-0.3, -0.25) is 14.2 Å². The van der Waals surface area contributed by atoms with Crippen molar-refractivity contribution in [3.05, 3.63) is 63.0 Å². The van der Waals surface area contributed by atoms with E-state index in [0.29, 0.717) is 10.2 Å². The van der Waals surface area contributed by atoms with Crippen molar-refractivity contribution in [1.82, 2.24) is 9.55 Å². The van der Waals surface area contributed by atoms with Crippen LogP contribution in [-0.4, -0.2) is 15.3 Å². The molecule has 7 heteroatoms. The van der Waals surface area contributed by atoms with Crippen LogP contribution in [0.2, 0.25) is 0 Å². The van der Waals surface area contributed by atoms with Gasteiger partial charge in [-0.25, -0.2) is 13.8 Å². The Labute approximate surface area is 134 Å². The minimum absolute atomic E-state index is 0.365. The van der Waals surface area contributed by atoms with Crippen molar-refractivity contribution in [2.75, 3.05) is 0 Å². The number of aryl methyl sites for hydroxylation is 1. The molecule has 23 heavy (non-hydrogen) atoms. The van der Waals surface area contributed by atoms with Gasteiger partial charge in [0, 0.05) is 4.88 Å². The molecule has 1 aromatic carbocycles. The largest absolute Gasteiger partial charge is 0.292 e. The number of hydrogen-bond acceptors (Lipinski definition) is 4. The van der Waals surface area contributed by atoms with Crippen LogP contribution in [0.25, 0.3) is 10.2 Å². The van der Waals surface area contributed by atoms with Crippen LogP contribution in [0.4, 0.5) is 8.78 Å². The third-order valence-corrected chi connectivity index (χ3v) is 4.65. The molecule has 0 aliphatic carbocycles. The number of benzene rings is 1. The molecule has 0 saturated carbocycles. The van der Waals surface area contributed by atoms with Gasteiger partial charge in [-0.05, 0) is 30.7 Å². The second-order valence-electron chi connectivity index (χ2n) is 5.01. The highest BCUT2D eigenvalue weighted by Gasteiger charge is 2.16. The summed E-state index contributed by atoms with van der Waals surface area (Å²) in [5.74, 6) is -2.21. The van der Waals surface area contributed by atoms with Crippen LogP contribution in [-0.2, 0) is 13.0 Å². The van der Waals surface area contributed by atoms with E-state index in [0.717, 1.165) is 34.1 Å². The lowest BCUT2D eigenvalue weighted by Crippen LogP contribution is -2.24. The fourth-order valence-corrected chi connectivity index (χ4v) is 3.17. The fraction of sp³-hybridized carbons (Fsp3) is 0.188. The van der Waals surface area contributed by atoms with Crippen molar-refractivity contribution in [3.63, 3.8) is 0 Å². The molecule has 0 unspecified atom stereocenters. The molecule has 0 saturated heterocycles. The van der Waals surface area contributed by atoms with Gasteiger partial charge >= 0.3 is 0 Å². The molecule has 118 valence electrons. The van der Waals surface area contributed by atoms with Gasteiger partial charge < -0.3 is 0 Å². The van der Waals surface area contributed by atoms with E-state index < -0.39 is 17.4 Å². The lowest BCUT2D eigenvalue weighted by molar-refractivity contribution is 0.0966. The Hall–Kier alpha value is -2.41. The molecular weight excluding hydrogens is 322 g/mol. The van der Waals surface area contributed by atoms with Crippen LogP contribution < -0.4 is 5.56 Å². The smallest absolute Gasteiger partial charge is 0.262 e. The number of fused-ring (bicyclic) bond motifs is 1. The lowest BCUT2D eigenvalue weighted by Gasteiger charge is -2.05. The van der Waals surface area contributed by atoms with Gasteiger partial charge in [-0.2, -0.15) is 0 Å². The highest BCUT2D eigenvalue weighted by atomic mass is 32.1. The first kappa shape index (κ1) is 15.5. The molecule has 0 atom stereocenters. The van der Waals surface area contributed by atoms with E-state index in [1.165, 1.54) is 17.7 Å².